The third-order valence-electron chi connectivity index (χ3n) is 4.25. The largest absolute Gasteiger partial charge is 0.335 e. The molecule has 1 N–H and O–H groups in total. The third kappa shape index (κ3) is 4.11. The van der Waals surface area contributed by atoms with Crippen molar-refractivity contribution in [1.29, 1.82) is 0 Å². The Kier molecular flexibility index (Phi) is 7.55. The third-order valence-corrected chi connectivity index (χ3v) is 5.31. The van der Waals surface area contributed by atoms with Crippen molar-refractivity contribution in [1.82, 2.24) is 20.1 Å². The van der Waals surface area contributed by atoms with E-state index in [0.717, 1.165) is 54.8 Å². The number of hydrogen-bond donors (Lipinski definition) is 1. The summed E-state index contributed by atoms with van der Waals surface area (Å²) < 4.78 is 0. The van der Waals surface area contributed by atoms with Crippen LogP contribution in [0.3, 0.4) is 0 Å². The molecule has 0 bridgehead atoms. The lowest BCUT2D eigenvalue weighted by Crippen LogP contribution is -2.52. The molecule has 22 heavy (non-hydrogen) atoms. The number of aromatic nitrogens is 1. The summed E-state index contributed by atoms with van der Waals surface area (Å²) in [5, 5.41) is 4.38. The van der Waals surface area contributed by atoms with E-state index in [9.17, 15) is 4.79 Å². The highest BCUT2D eigenvalue weighted by Gasteiger charge is 2.29. The van der Waals surface area contributed by atoms with Crippen LogP contribution in [0.4, 0.5) is 0 Å². The van der Waals surface area contributed by atoms with E-state index in [0.29, 0.717) is 6.04 Å². The predicted molar refractivity (Wildman–Crippen MR) is 94.8 cm³/mol. The van der Waals surface area contributed by atoms with Gasteiger partial charge < -0.3 is 10.2 Å². The maximum absolute atomic E-state index is 12.5. The number of aryl methyl sites for hydroxylation is 2. The second kappa shape index (κ2) is 8.45. The molecule has 2 saturated heterocycles. The Morgan fingerprint density at radius 2 is 1.91 bits per heavy atom. The van der Waals surface area contributed by atoms with Crippen molar-refractivity contribution < 1.29 is 4.79 Å². The number of hydrogen-bond acceptors (Lipinski definition) is 5. The highest BCUT2D eigenvalue weighted by atomic mass is 35.5. The second-order valence-electron chi connectivity index (χ2n) is 5.62. The molecule has 2 fully saturated rings. The number of halogens is 2. The van der Waals surface area contributed by atoms with E-state index in [1.165, 1.54) is 17.8 Å². The van der Waals surface area contributed by atoms with E-state index < -0.39 is 0 Å². The molecule has 1 aromatic rings. The summed E-state index contributed by atoms with van der Waals surface area (Å²) in [7, 11) is 0. The van der Waals surface area contributed by atoms with Gasteiger partial charge in [-0.3, -0.25) is 9.69 Å². The molecule has 1 unspecified atom stereocenters. The fraction of sp³-hybridized carbons (Fsp3) is 0.714. The molecule has 2 aliphatic heterocycles. The summed E-state index contributed by atoms with van der Waals surface area (Å²) in [6.07, 6.45) is 1.24. The molecule has 0 aliphatic carbocycles. The van der Waals surface area contributed by atoms with Crippen LogP contribution in [-0.2, 0) is 0 Å². The molecule has 0 saturated carbocycles. The fourth-order valence-electron chi connectivity index (χ4n) is 3.11. The van der Waals surface area contributed by atoms with Crippen LogP contribution in [-0.4, -0.2) is 66.0 Å². The van der Waals surface area contributed by atoms with Crippen LogP contribution < -0.4 is 5.32 Å². The first-order valence-corrected chi connectivity index (χ1v) is 8.15. The molecule has 1 amide bonds. The van der Waals surface area contributed by atoms with Gasteiger partial charge in [0.1, 0.15) is 4.88 Å². The second-order valence-corrected chi connectivity index (χ2v) is 6.83. The summed E-state index contributed by atoms with van der Waals surface area (Å²) in [6.45, 7) is 9.78. The molecule has 3 rings (SSSR count). The zero-order valence-electron chi connectivity index (χ0n) is 13.0. The topological polar surface area (TPSA) is 48.5 Å². The lowest BCUT2D eigenvalue weighted by molar-refractivity contribution is 0.0587. The monoisotopic (exact) mass is 366 g/mol. The molecule has 0 aromatic carbocycles. The molecular weight excluding hydrogens is 343 g/mol. The van der Waals surface area contributed by atoms with E-state index in [1.807, 2.05) is 18.7 Å². The Morgan fingerprint density at radius 3 is 2.41 bits per heavy atom. The van der Waals surface area contributed by atoms with Gasteiger partial charge in [0, 0.05) is 38.8 Å². The van der Waals surface area contributed by atoms with Gasteiger partial charge in [-0.2, -0.15) is 0 Å². The smallest absolute Gasteiger partial charge is 0.265 e. The van der Waals surface area contributed by atoms with Crippen LogP contribution in [0.1, 0.15) is 26.8 Å². The van der Waals surface area contributed by atoms with E-state index in [2.05, 4.69) is 15.2 Å². The molecule has 5 nitrogen and oxygen atoms in total. The number of nitrogens with zero attached hydrogens (tertiary/aromatic N) is 3. The number of carbonyl (C=O) groups excluding carboxylic acids is 1. The van der Waals surface area contributed by atoms with Crippen molar-refractivity contribution in [3.05, 3.63) is 15.6 Å². The first-order chi connectivity index (χ1) is 9.65. The highest BCUT2D eigenvalue weighted by molar-refractivity contribution is 7.13. The van der Waals surface area contributed by atoms with E-state index in [4.69, 9.17) is 0 Å². The zero-order chi connectivity index (χ0) is 14.1. The number of carbonyl (C=O) groups is 1. The summed E-state index contributed by atoms with van der Waals surface area (Å²) >= 11 is 1.52. The van der Waals surface area contributed by atoms with E-state index in [-0.39, 0.29) is 30.7 Å². The van der Waals surface area contributed by atoms with Gasteiger partial charge in [0.15, 0.2) is 0 Å². The van der Waals surface area contributed by atoms with Crippen LogP contribution >= 0.6 is 36.2 Å². The van der Waals surface area contributed by atoms with Gasteiger partial charge >= 0.3 is 0 Å². The number of rotatable bonds is 2. The van der Waals surface area contributed by atoms with Crippen LogP contribution in [0.25, 0.3) is 0 Å². The number of amides is 1. The summed E-state index contributed by atoms with van der Waals surface area (Å²) in [4.78, 5) is 22.2. The van der Waals surface area contributed by atoms with Crippen molar-refractivity contribution in [3.8, 4) is 0 Å². The number of thiazole rings is 1. The summed E-state index contributed by atoms with van der Waals surface area (Å²) in [6, 6.07) is 0.666. The molecular formula is C14H24Cl2N4OS. The molecule has 0 spiro atoms. The van der Waals surface area contributed by atoms with Crippen molar-refractivity contribution in [3.63, 3.8) is 0 Å². The average molecular weight is 367 g/mol. The predicted octanol–water partition coefficient (Wildman–Crippen LogP) is 1.72. The Balaban J connectivity index is 0.00000121. The van der Waals surface area contributed by atoms with Gasteiger partial charge in [-0.25, -0.2) is 4.98 Å². The van der Waals surface area contributed by atoms with Crippen molar-refractivity contribution in [2.75, 3.05) is 39.3 Å². The lowest BCUT2D eigenvalue weighted by atomic mass is 10.2. The maximum Gasteiger partial charge on any atom is 0.265 e. The minimum atomic E-state index is 0. The molecule has 8 heteroatoms. The standard InChI is InChI=1S/C14H22N4OS.2ClH/c1-10-13(20-11(2)16-10)14(19)18-7-5-17(6-8-18)12-3-4-15-9-12;;/h12,15H,3-9H2,1-2H3;2*1H. The van der Waals surface area contributed by atoms with Gasteiger partial charge in [0.25, 0.3) is 5.91 Å². The van der Waals surface area contributed by atoms with Crippen molar-refractivity contribution in [2.45, 2.75) is 26.3 Å². The van der Waals surface area contributed by atoms with Gasteiger partial charge in [0.05, 0.1) is 10.7 Å². The lowest BCUT2D eigenvalue weighted by Gasteiger charge is -2.37. The van der Waals surface area contributed by atoms with Crippen LogP contribution in [0.15, 0.2) is 0 Å². The van der Waals surface area contributed by atoms with Crippen LogP contribution in [0, 0.1) is 13.8 Å². The minimum absolute atomic E-state index is 0. The van der Waals surface area contributed by atoms with Crippen molar-refractivity contribution >= 4 is 42.1 Å². The molecule has 1 atom stereocenters. The number of piperazine rings is 1. The summed E-state index contributed by atoms with van der Waals surface area (Å²) in [5.41, 5.74) is 0.875. The van der Waals surface area contributed by atoms with Crippen molar-refractivity contribution in [2.24, 2.45) is 0 Å². The average Bonchev–Trinajstić information content (AvgIpc) is 3.08. The van der Waals surface area contributed by atoms with Gasteiger partial charge in [0.2, 0.25) is 0 Å². The Bertz CT molecular complexity index is 497. The summed E-state index contributed by atoms with van der Waals surface area (Å²) in [5.74, 6) is 0.164. The number of nitrogens with one attached hydrogen (secondary N) is 1. The molecule has 1 aromatic heterocycles. The maximum atomic E-state index is 12.5. The molecule has 3 heterocycles. The Morgan fingerprint density at radius 1 is 1.23 bits per heavy atom. The van der Waals surface area contributed by atoms with Crippen LogP contribution in [0.5, 0.6) is 0 Å². The Hall–Kier alpha value is -0.400. The van der Waals surface area contributed by atoms with E-state index in [1.54, 1.807) is 0 Å². The van der Waals surface area contributed by atoms with Gasteiger partial charge in [-0.05, 0) is 26.8 Å². The first-order valence-electron chi connectivity index (χ1n) is 7.33. The molecule has 2 aliphatic rings. The normalized spacial score (nSPS) is 22.1. The van der Waals surface area contributed by atoms with Crippen LogP contribution in [0.2, 0.25) is 0 Å². The SMILES string of the molecule is Cc1nc(C)c(C(=O)N2CCN(C3CCNC3)CC2)s1.Cl.Cl. The first kappa shape index (κ1) is 19.6. The highest BCUT2D eigenvalue weighted by Crippen LogP contribution is 2.20. The van der Waals surface area contributed by atoms with Gasteiger partial charge in [-0.15, -0.1) is 36.2 Å². The Labute approximate surface area is 148 Å². The van der Waals surface area contributed by atoms with Gasteiger partial charge in [-0.1, -0.05) is 0 Å². The zero-order valence-corrected chi connectivity index (χ0v) is 15.5. The van der Waals surface area contributed by atoms with E-state index >= 15 is 0 Å². The molecule has 126 valence electrons. The fourth-order valence-corrected chi connectivity index (χ4v) is 4.00. The minimum Gasteiger partial charge on any atom is -0.335 e. The molecule has 0 radical (unpaired) electrons. The quantitative estimate of drug-likeness (QED) is 0.865.